The number of hydrogen-bond donors (Lipinski definition) is 2. The number of aliphatic hydroxyl groups excluding tert-OH is 1. The summed E-state index contributed by atoms with van der Waals surface area (Å²) in [6, 6.07) is 14.9. The Balaban J connectivity index is 1.82. The molecule has 1 aliphatic rings. The highest BCUT2D eigenvalue weighted by Crippen LogP contribution is 2.33. The van der Waals surface area contributed by atoms with E-state index in [2.05, 4.69) is 67.9 Å². The predicted octanol–water partition coefficient (Wildman–Crippen LogP) is 5.19. The second kappa shape index (κ2) is 9.26. The molecule has 0 amide bonds. The van der Waals surface area contributed by atoms with Crippen LogP contribution in [0.4, 0.5) is 0 Å². The highest BCUT2D eigenvalue weighted by molar-refractivity contribution is 8.13. The van der Waals surface area contributed by atoms with Gasteiger partial charge in [-0.25, -0.2) is 0 Å². The van der Waals surface area contributed by atoms with Crippen molar-refractivity contribution in [1.29, 1.82) is 0 Å². The van der Waals surface area contributed by atoms with E-state index in [0.29, 0.717) is 6.42 Å². The Morgan fingerprint density at radius 3 is 2.79 bits per heavy atom. The molecule has 3 rings (SSSR count). The van der Waals surface area contributed by atoms with Gasteiger partial charge in [-0.1, -0.05) is 79.5 Å². The molecule has 146 valence electrons. The van der Waals surface area contributed by atoms with Crippen LogP contribution in [-0.4, -0.2) is 28.7 Å². The summed E-state index contributed by atoms with van der Waals surface area (Å²) in [5.74, 6) is 0.990. The Kier molecular flexibility index (Phi) is 6.76. The smallest absolute Gasteiger partial charge is 0.157 e. The van der Waals surface area contributed by atoms with Gasteiger partial charge in [-0.05, 0) is 47.7 Å². The molecule has 28 heavy (non-hydrogen) atoms. The largest absolute Gasteiger partial charge is 0.394 e. The van der Waals surface area contributed by atoms with Gasteiger partial charge in [-0.2, -0.15) is 0 Å². The summed E-state index contributed by atoms with van der Waals surface area (Å²) in [7, 11) is 0. The second-order valence-corrected chi connectivity index (χ2v) is 8.36. The quantitative estimate of drug-likeness (QED) is 0.638. The highest BCUT2D eigenvalue weighted by Gasteiger charge is 2.32. The number of thioether (sulfide) groups is 1. The summed E-state index contributed by atoms with van der Waals surface area (Å²) in [4.78, 5) is 4.80. The predicted molar refractivity (Wildman–Crippen MR) is 123 cm³/mol. The Bertz CT molecular complexity index is 918. The van der Waals surface area contributed by atoms with E-state index in [-0.39, 0.29) is 18.2 Å². The average molecular weight is 393 g/mol. The van der Waals surface area contributed by atoms with Gasteiger partial charge in [0.1, 0.15) is 0 Å². The van der Waals surface area contributed by atoms with Gasteiger partial charge in [0, 0.05) is 5.75 Å². The zero-order chi connectivity index (χ0) is 20.0. The van der Waals surface area contributed by atoms with Crippen LogP contribution in [0.1, 0.15) is 25.3 Å². The number of rotatable bonds is 7. The molecule has 1 saturated heterocycles. The van der Waals surface area contributed by atoms with Gasteiger partial charge in [0.15, 0.2) is 5.17 Å². The number of hydrogen-bond acceptors (Lipinski definition) is 3. The van der Waals surface area contributed by atoms with Crippen molar-refractivity contribution in [3.05, 3.63) is 85.0 Å². The van der Waals surface area contributed by atoms with Crippen molar-refractivity contribution in [3.8, 4) is 0 Å². The van der Waals surface area contributed by atoms with E-state index in [4.69, 9.17) is 4.99 Å². The number of benzene rings is 2. The summed E-state index contributed by atoms with van der Waals surface area (Å²) in [5, 5.41) is 16.8. The van der Waals surface area contributed by atoms with Gasteiger partial charge in [-0.15, -0.1) is 0 Å². The minimum absolute atomic E-state index is 0.000746. The van der Waals surface area contributed by atoms with E-state index >= 15 is 0 Å². The van der Waals surface area contributed by atoms with E-state index in [1.165, 1.54) is 16.3 Å². The molecular formula is C24H28N2OS. The fraction of sp³-hybridized carbons (Fsp3) is 0.292. The van der Waals surface area contributed by atoms with Crippen LogP contribution in [0.3, 0.4) is 0 Å². The van der Waals surface area contributed by atoms with Crippen LogP contribution < -0.4 is 5.32 Å². The van der Waals surface area contributed by atoms with Crippen LogP contribution in [0.2, 0.25) is 0 Å². The lowest BCUT2D eigenvalue weighted by atomic mass is 9.88. The van der Waals surface area contributed by atoms with Crippen LogP contribution in [0.5, 0.6) is 0 Å². The maximum atomic E-state index is 9.80. The number of nitrogens with zero attached hydrogens (tertiary/aromatic N) is 1. The van der Waals surface area contributed by atoms with E-state index in [0.717, 1.165) is 22.9 Å². The third-order valence-electron chi connectivity index (χ3n) is 5.19. The molecule has 0 spiro atoms. The molecule has 1 aliphatic heterocycles. The van der Waals surface area contributed by atoms with Gasteiger partial charge in [-0.3, -0.25) is 4.99 Å². The molecule has 4 heteroatoms. The van der Waals surface area contributed by atoms with E-state index in [9.17, 15) is 5.11 Å². The molecule has 0 bridgehead atoms. The van der Waals surface area contributed by atoms with Crippen LogP contribution in [0.25, 0.3) is 10.8 Å². The molecule has 2 aromatic rings. The summed E-state index contributed by atoms with van der Waals surface area (Å²) in [6.45, 7) is 9.80. The highest BCUT2D eigenvalue weighted by atomic mass is 32.2. The Hall–Kier alpha value is -2.30. The third-order valence-corrected chi connectivity index (χ3v) is 6.08. The zero-order valence-corrected chi connectivity index (χ0v) is 17.2. The normalized spacial score (nSPS) is 22.6. The average Bonchev–Trinajstić information content (AvgIpc) is 2.72. The van der Waals surface area contributed by atoms with Gasteiger partial charge in [0.25, 0.3) is 0 Å². The number of aliphatic hydroxyl groups is 1. The molecule has 1 unspecified atom stereocenters. The van der Waals surface area contributed by atoms with Crippen molar-refractivity contribution in [2.24, 2.45) is 4.99 Å². The minimum Gasteiger partial charge on any atom is -0.394 e. The van der Waals surface area contributed by atoms with Crippen LogP contribution in [0, 0.1) is 0 Å². The van der Waals surface area contributed by atoms with Crippen LogP contribution >= 0.6 is 11.8 Å². The number of aliphatic imine (C=N–C) groups is 1. The monoisotopic (exact) mass is 392 g/mol. The van der Waals surface area contributed by atoms with Gasteiger partial charge < -0.3 is 10.4 Å². The lowest BCUT2D eigenvalue weighted by Crippen LogP contribution is -2.46. The van der Waals surface area contributed by atoms with Crippen LogP contribution in [-0.2, 0) is 5.54 Å². The second-order valence-electron chi connectivity index (χ2n) is 7.27. The first-order chi connectivity index (χ1) is 13.6. The summed E-state index contributed by atoms with van der Waals surface area (Å²) in [6.07, 6.45) is 7.11. The summed E-state index contributed by atoms with van der Waals surface area (Å²) < 4.78 is 0. The number of allylic oxidation sites excluding steroid dienone is 3. The van der Waals surface area contributed by atoms with Crippen molar-refractivity contribution >= 4 is 27.7 Å². The van der Waals surface area contributed by atoms with Crippen molar-refractivity contribution in [2.75, 3.05) is 12.4 Å². The molecular weight excluding hydrogens is 364 g/mol. The fourth-order valence-electron chi connectivity index (χ4n) is 3.46. The number of nitrogens with one attached hydrogen (secondary N) is 1. The molecule has 3 nitrogen and oxygen atoms in total. The molecule has 2 aromatic carbocycles. The molecule has 1 fully saturated rings. The molecule has 2 N–H and O–H groups in total. The summed E-state index contributed by atoms with van der Waals surface area (Å²) >= 11 is 1.72. The zero-order valence-electron chi connectivity index (χ0n) is 16.4. The van der Waals surface area contributed by atoms with E-state index < -0.39 is 0 Å². The van der Waals surface area contributed by atoms with Crippen molar-refractivity contribution in [3.63, 3.8) is 0 Å². The lowest BCUT2D eigenvalue weighted by Gasteiger charge is -2.37. The van der Waals surface area contributed by atoms with Crippen molar-refractivity contribution < 1.29 is 5.11 Å². The maximum absolute atomic E-state index is 9.80. The molecule has 0 radical (unpaired) electrons. The molecule has 0 saturated carbocycles. The van der Waals surface area contributed by atoms with Gasteiger partial charge in [0.05, 0.1) is 18.2 Å². The lowest BCUT2D eigenvalue weighted by molar-refractivity contribution is 0.266. The fourth-order valence-corrected chi connectivity index (χ4v) is 4.69. The van der Waals surface area contributed by atoms with Gasteiger partial charge >= 0.3 is 0 Å². The van der Waals surface area contributed by atoms with E-state index in [1.54, 1.807) is 23.9 Å². The standard InChI is InChI=1S/C24H28N2OS/c1-4-8-18(5-2)15-22(17-27)25-23-26-24(3,13-14-28-23)21-12-11-19-9-6-7-10-20(19)16-21/h4-12,16,22,27H,1-2,13-15,17H2,3H3,(H,25,26)/b18-8+/t22-,24?/m0/s1. The molecule has 0 aliphatic carbocycles. The first-order valence-corrected chi connectivity index (χ1v) is 10.6. The maximum Gasteiger partial charge on any atom is 0.157 e. The van der Waals surface area contributed by atoms with Crippen LogP contribution in [0.15, 0.2) is 84.4 Å². The van der Waals surface area contributed by atoms with E-state index in [1.807, 2.05) is 6.08 Å². The molecule has 1 heterocycles. The van der Waals surface area contributed by atoms with Gasteiger partial charge in [0.2, 0.25) is 0 Å². The Labute approximate surface area is 172 Å². The number of amidine groups is 1. The topological polar surface area (TPSA) is 44.6 Å². The van der Waals surface area contributed by atoms with Crippen molar-refractivity contribution in [2.45, 2.75) is 31.3 Å². The third kappa shape index (κ3) is 4.75. The summed E-state index contributed by atoms with van der Waals surface area (Å²) in [5.41, 5.74) is 2.11. The Morgan fingerprint density at radius 1 is 1.29 bits per heavy atom. The Morgan fingerprint density at radius 2 is 2.07 bits per heavy atom. The molecule has 0 aromatic heterocycles. The first kappa shape index (κ1) is 20.4. The number of fused-ring (bicyclic) bond motifs is 1. The SMILES string of the molecule is C=C/C=C(\C=C)C[C@@H](CO)N=C1NC(C)(c2ccc3ccccc3c2)CCS1. The van der Waals surface area contributed by atoms with Crippen molar-refractivity contribution in [1.82, 2.24) is 5.32 Å². The molecule has 2 atom stereocenters. The first-order valence-electron chi connectivity index (χ1n) is 9.61. The minimum atomic E-state index is -0.196.